The number of hydrogen-bond acceptors (Lipinski definition) is 4. The summed E-state index contributed by atoms with van der Waals surface area (Å²) in [5.74, 6) is 0.286. The van der Waals surface area contributed by atoms with Crippen LogP contribution in [0.3, 0.4) is 0 Å². The Morgan fingerprint density at radius 1 is 1.26 bits per heavy atom. The van der Waals surface area contributed by atoms with Crippen LogP contribution in [0, 0.1) is 5.92 Å². The molecule has 0 radical (unpaired) electrons. The standard InChI is InChI=1S/C14H28N4O/c1-14(2,3)18-9-10(8-16-18)13(19)17-12-6-5-11(7-12)15-4/h10-12,15-16H,5-9H2,1-4H3,(H,17,19). The van der Waals surface area contributed by atoms with E-state index >= 15 is 0 Å². The highest BCUT2D eigenvalue weighted by molar-refractivity contribution is 5.79. The molecule has 2 rings (SSSR count). The number of rotatable bonds is 3. The molecule has 1 aliphatic heterocycles. The molecule has 1 saturated heterocycles. The Hall–Kier alpha value is -0.650. The Labute approximate surface area is 116 Å². The van der Waals surface area contributed by atoms with Crippen molar-refractivity contribution in [2.45, 2.75) is 57.7 Å². The van der Waals surface area contributed by atoms with E-state index in [-0.39, 0.29) is 17.4 Å². The zero-order chi connectivity index (χ0) is 14.0. The SMILES string of the molecule is CNC1CCC(NC(=O)C2CNN(C(C)(C)C)C2)C1. The van der Waals surface area contributed by atoms with Crippen LogP contribution in [0.25, 0.3) is 0 Å². The summed E-state index contributed by atoms with van der Waals surface area (Å²) < 4.78 is 0. The number of hydrazine groups is 1. The van der Waals surface area contributed by atoms with E-state index in [1.807, 2.05) is 7.05 Å². The fraction of sp³-hybridized carbons (Fsp3) is 0.929. The van der Waals surface area contributed by atoms with E-state index in [1.165, 1.54) is 6.42 Å². The minimum absolute atomic E-state index is 0.0691. The molecule has 2 aliphatic rings. The van der Waals surface area contributed by atoms with Gasteiger partial charge in [-0.2, -0.15) is 0 Å². The lowest BCUT2D eigenvalue weighted by Gasteiger charge is -2.31. The molecule has 5 nitrogen and oxygen atoms in total. The maximum absolute atomic E-state index is 12.3. The Morgan fingerprint density at radius 3 is 2.47 bits per heavy atom. The third kappa shape index (κ3) is 3.68. The minimum atomic E-state index is 0.0691. The fourth-order valence-electron chi connectivity index (χ4n) is 2.95. The molecular weight excluding hydrogens is 240 g/mol. The summed E-state index contributed by atoms with van der Waals surface area (Å²) in [6, 6.07) is 0.923. The van der Waals surface area contributed by atoms with Gasteiger partial charge in [0.1, 0.15) is 0 Å². The van der Waals surface area contributed by atoms with Crippen molar-refractivity contribution in [2.24, 2.45) is 5.92 Å². The second-order valence-electron chi connectivity index (χ2n) is 6.84. The number of carbonyl (C=O) groups excluding carboxylic acids is 1. The molecule has 0 aromatic carbocycles. The van der Waals surface area contributed by atoms with E-state index in [4.69, 9.17) is 0 Å². The zero-order valence-corrected chi connectivity index (χ0v) is 12.6. The molecule has 2 fully saturated rings. The average Bonchev–Trinajstić information content (AvgIpc) is 2.96. The van der Waals surface area contributed by atoms with Gasteiger partial charge >= 0.3 is 0 Å². The molecular formula is C14H28N4O. The molecule has 0 aromatic heterocycles. The van der Waals surface area contributed by atoms with E-state index in [9.17, 15) is 4.79 Å². The molecule has 1 amide bonds. The summed E-state index contributed by atoms with van der Waals surface area (Å²) in [4.78, 5) is 12.3. The van der Waals surface area contributed by atoms with Crippen molar-refractivity contribution in [3.05, 3.63) is 0 Å². The topological polar surface area (TPSA) is 56.4 Å². The largest absolute Gasteiger partial charge is 0.353 e. The normalized spacial score (nSPS) is 32.7. The first-order valence-corrected chi connectivity index (χ1v) is 7.39. The van der Waals surface area contributed by atoms with Crippen LogP contribution < -0.4 is 16.1 Å². The maximum Gasteiger partial charge on any atom is 0.226 e. The van der Waals surface area contributed by atoms with Gasteiger partial charge in [-0.1, -0.05) is 0 Å². The molecule has 0 aromatic rings. The molecule has 5 heteroatoms. The number of carbonyl (C=O) groups is 1. The van der Waals surface area contributed by atoms with E-state index in [0.717, 1.165) is 25.9 Å². The van der Waals surface area contributed by atoms with Crippen LogP contribution in [0.1, 0.15) is 40.0 Å². The summed E-state index contributed by atoms with van der Waals surface area (Å²) >= 11 is 0. The highest BCUT2D eigenvalue weighted by atomic mass is 16.2. The van der Waals surface area contributed by atoms with Gasteiger partial charge in [-0.05, 0) is 47.1 Å². The number of amides is 1. The van der Waals surface area contributed by atoms with Gasteiger partial charge in [0.05, 0.1) is 5.92 Å². The first-order valence-electron chi connectivity index (χ1n) is 7.39. The van der Waals surface area contributed by atoms with Crippen LogP contribution in [0.15, 0.2) is 0 Å². The van der Waals surface area contributed by atoms with E-state index in [0.29, 0.717) is 12.1 Å². The molecule has 110 valence electrons. The first-order chi connectivity index (χ1) is 8.90. The van der Waals surface area contributed by atoms with Gasteiger partial charge < -0.3 is 10.6 Å². The van der Waals surface area contributed by atoms with Gasteiger partial charge in [-0.3, -0.25) is 10.2 Å². The summed E-state index contributed by atoms with van der Waals surface area (Å²) in [6.07, 6.45) is 3.32. The highest BCUT2D eigenvalue weighted by Gasteiger charge is 2.35. The molecule has 3 unspecified atom stereocenters. The van der Waals surface area contributed by atoms with E-state index in [1.54, 1.807) is 0 Å². The van der Waals surface area contributed by atoms with Crippen molar-refractivity contribution in [3.8, 4) is 0 Å². The van der Waals surface area contributed by atoms with Crippen molar-refractivity contribution in [1.29, 1.82) is 0 Å². The highest BCUT2D eigenvalue weighted by Crippen LogP contribution is 2.21. The Bertz CT molecular complexity index is 326. The number of hydrogen-bond donors (Lipinski definition) is 3. The summed E-state index contributed by atoms with van der Waals surface area (Å²) in [7, 11) is 2.00. The van der Waals surface area contributed by atoms with Gasteiger partial charge in [-0.25, -0.2) is 5.01 Å². The summed E-state index contributed by atoms with van der Waals surface area (Å²) in [5.41, 5.74) is 3.40. The number of nitrogens with one attached hydrogen (secondary N) is 3. The Balaban J connectivity index is 1.79. The zero-order valence-electron chi connectivity index (χ0n) is 12.6. The number of nitrogens with zero attached hydrogens (tertiary/aromatic N) is 1. The van der Waals surface area contributed by atoms with Crippen LogP contribution in [0.2, 0.25) is 0 Å². The molecule has 3 atom stereocenters. The fourth-order valence-corrected chi connectivity index (χ4v) is 2.95. The molecule has 1 saturated carbocycles. The minimum Gasteiger partial charge on any atom is -0.353 e. The smallest absolute Gasteiger partial charge is 0.226 e. The van der Waals surface area contributed by atoms with E-state index in [2.05, 4.69) is 41.8 Å². The molecule has 0 spiro atoms. The summed E-state index contributed by atoms with van der Waals surface area (Å²) in [5, 5.41) is 8.67. The van der Waals surface area contributed by atoms with Crippen molar-refractivity contribution in [3.63, 3.8) is 0 Å². The van der Waals surface area contributed by atoms with Gasteiger partial charge in [0.25, 0.3) is 0 Å². The van der Waals surface area contributed by atoms with Crippen molar-refractivity contribution >= 4 is 5.91 Å². The third-order valence-corrected chi connectivity index (χ3v) is 4.30. The van der Waals surface area contributed by atoms with Crippen molar-refractivity contribution in [1.82, 2.24) is 21.1 Å². The van der Waals surface area contributed by atoms with Crippen LogP contribution in [0.5, 0.6) is 0 Å². The molecule has 19 heavy (non-hydrogen) atoms. The van der Waals surface area contributed by atoms with Crippen LogP contribution in [-0.4, -0.2) is 48.7 Å². The molecule has 1 aliphatic carbocycles. The van der Waals surface area contributed by atoms with Crippen LogP contribution in [0.4, 0.5) is 0 Å². The Morgan fingerprint density at radius 2 is 1.95 bits per heavy atom. The molecule has 0 bridgehead atoms. The predicted molar refractivity (Wildman–Crippen MR) is 76.6 cm³/mol. The monoisotopic (exact) mass is 268 g/mol. The van der Waals surface area contributed by atoms with Gasteiger partial charge in [0.15, 0.2) is 0 Å². The lowest BCUT2D eigenvalue weighted by atomic mass is 10.1. The average molecular weight is 268 g/mol. The lowest BCUT2D eigenvalue weighted by molar-refractivity contribution is -0.125. The quantitative estimate of drug-likeness (QED) is 0.697. The molecule has 1 heterocycles. The maximum atomic E-state index is 12.3. The summed E-state index contributed by atoms with van der Waals surface area (Å²) in [6.45, 7) is 8.04. The van der Waals surface area contributed by atoms with E-state index < -0.39 is 0 Å². The first kappa shape index (κ1) is 14.8. The van der Waals surface area contributed by atoms with Gasteiger partial charge in [0.2, 0.25) is 5.91 Å². The molecule has 3 N–H and O–H groups in total. The van der Waals surface area contributed by atoms with Crippen molar-refractivity contribution in [2.75, 3.05) is 20.1 Å². The van der Waals surface area contributed by atoms with Gasteiger partial charge in [-0.15, -0.1) is 0 Å². The van der Waals surface area contributed by atoms with Crippen LogP contribution in [-0.2, 0) is 4.79 Å². The third-order valence-electron chi connectivity index (χ3n) is 4.30. The Kier molecular flexibility index (Phi) is 4.48. The lowest BCUT2D eigenvalue weighted by Crippen LogP contribution is -2.46. The second kappa shape index (κ2) is 5.77. The van der Waals surface area contributed by atoms with Gasteiger partial charge in [0, 0.05) is 30.7 Å². The van der Waals surface area contributed by atoms with Crippen molar-refractivity contribution < 1.29 is 4.79 Å². The predicted octanol–water partition coefficient (Wildman–Crippen LogP) is 0.478. The second-order valence-corrected chi connectivity index (χ2v) is 6.84. The van der Waals surface area contributed by atoms with Crippen LogP contribution >= 0.6 is 0 Å².